The number of hydrogen-bond acceptors (Lipinski definition) is 3. The van der Waals surface area contributed by atoms with Crippen LogP contribution < -0.4 is 0 Å². The zero-order valence-corrected chi connectivity index (χ0v) is 27.8. The lowest BCUT2D eigenvalue weighted by molar-refractivity contribution is 0.112. The number of nitrogens with zero attached hydrogens (tertiary/aromatic N) is 2. The molecule has 0 atom stereocenters. The summed E-state index contributed by atoms with van der Waals surface area (Å²) in [6.07, 6.45) is 9.11. The molecule has 6 heteroatoms. The molecule has 0 unspecified atom stereocenters. The van der Waals surface area contributed by atoms with Gasteiger partial charge in [-0.25, -0.2) is 9.97 Å². The Balaban J connectivity index is 1.67. The van der Waals surface area contributed by atoms with Crippen LogP contribution in [0.25, 0.3) is 68.6 Å². The molecule has 0 fully saturated rings. The van der Waals surface area contributed by atoms with Crippen LogP contribution in [0.2, 0.25) is 0 Å². The van der Waals surface area contributed by atoms with Gasteiger partial charge in [0.25, 0.3) is 0 Å². The molecular formula is C39H33BrN4O. The van der Waals surface area contributed by atoms with Crippen LogP contribution in [0.1, 0.15) is 66.5 Å². The van der Waals surface area contributed by atoms with Gasteiger partial charge in [0.1, 0.15) is 0 Å². The second-order valence-corrected chi connectivity index (χ2v) is 12.9. The molecule has 3 aromatic heterocycles. The fourth-order valence-electron chi connectivity index (χ4n) is 7.00. The summed E-state index contributed by atoms with van der Waals surface area (Å²) in [6.45, 7) is 12.8. The predicted molar refractivity (Wildman–Crippen MR) is 191 cm³/mol. The highest BCUT2D eigenvalue weighted by atomic mass is 79.9. The third-order valence-corrected chi connectivity index (χ3v) is 9.52. The number of carbonyl (C=O) groups excluding carboxylic acids is 1. The highest BCUT2D eigenvalue weighted by Gasteiger charge is 2.20. The van der Waals surface area contributed by atoms with E-state index in [0.717, 1.165) is 77.9 Å². The zero-order chi connectivity index (χ0) is 31.6. The van der Waals surface area contributed by atoms with E-state index in [-0.39, 0.29) is 0 Å². The van der Waals surface area contributed by atoms with E-state index in [9.17, 15) is 4.79 Å². The van der Waals surface area contributed by atoms with Crippen LogP contribution in [0.4, 0.5) is 0 Å². The first-order valence-corrected chi connectivity index (χ1v) is 15.9. The summed E-state index contributed by atoms with van der Waals surface area (Å²) in [7, 11) is 0. The van der Waals surface area contributed by atoms with Gasteiger partial charge in [0.15, 0.2) is 6.29 Å². The predicted octanol–water partition coefficient (Wildman–Crippen LogP) is 10.4. The van der Waals surface area contributed by atoms with E-state index in [0.29, 0.717) is 5.56 Å². The molecule has 45 heavy (non-hydrogen) atoms. The molecule has 7 rings (SSSR count). The zero-order valence-electron chi connectivity index (χ0n) is 26.2. The Morgan fingerprint density at radius 1 is 0.533 bits per heavy atom. The van der Waals surface area contributed by atoms with E-state index in [4.69, 9.17) is 9.97 Å². The third-order valence-electron chi connectivity index (χ3n) is 8.70. The average Bonchev–Trinajstić information content (AvgIpc) is 3.80. The van der Waals surface area contributed by atoms with E-state index >= 15 is 0 Å². The molecule has 0 spiro atoms. The van der Waals surface area contributed by atoms with Gasteiger partial charge in [-0.05, 0) is 139 Å². The van der Waals surface area contributed by atoms with Gasteiger partial charge in [0.05, 0.1) is 43.8 Å². The maximum absolute atomic E-state index is 12.7. The molecule has 0 aliphatic carbocycles. The lowest BCUT2D eigenvalue weighted by Crippen LogP contribution is -1.94. The number of carbonyl (C=O) groups is 1. The van der Waals surface area contributed by atoms with Crippen molar-refractivity contribution in [3.63, 3.8) is 0 Å². The van der Waals surface area contributed by atoms with Crippen LogP contribution in [-0.4, -0.2) is 26.2 Å². The number of benzene rings is 2. The van der Waals surface area contributed by atoms with Crippen molar-refractivity contribution in [1.82, 2.24) is 19.9 Å². The SMILES string of the molecule is Cc1cc(C)c(-c2c3nc(c(Br)c4nc(c(-c5c(C)cc(C)cc5C)c5ccc([nH]5)c(C=O)c5ccc2[nH]5)C=C4)C=C3)c(C)c1. The molecule has 8 bridgehead atoms. The number of hydrogen-bond donors (Lipinski definition) is 2. The van der Waals surface area contributed by atoms with Crippen LogP contribution in [0.15, 0.2) is 53.0 Å². The molecule has 222 valence electrons. The first-order chi connectivity index (χ1) is 21.6. The summed E-state index contributed by atoms with van der Waals surface area (Å²) in [5, 5.41) is 0. The molecule has 2 N–H and O–H groups in total. The van der Waals surface area contributed by atoms with Crippen LogP contribution in [0.3, 0.4) is 0 Å². The van der Waals surface area contributed by atoms with Crippen molar-refractivity contribution in [2.75, 3.05) is 0 Å². The van der Waals surface area contributed by atoms with Crippen LogP contribution >= 0.6 is 15.9 Å². The van der Waals surface area contributed by atoms with Crippen molar-refractivity contribution in [2.45, 2.75) is 41.5 Å². The van der Waals surface area contributed by atoms with Crippen molar-refractivity contribution in [2.24, 2.45) is 0 Å². The summed E-state index contributed by atoms with van der Waals surface area (Å²) >= 11 is 3.86. The second-order valence-electron chi connectivity index (χ2n) is 12.1. The highest BCUT2D eigenvalue weighted by molar-refractivity contribution is 9.10. The quantitative estimate of drug-likeness (QED) is 0.186. The molecule has 2 aliphatic rings. The first kappa shape index (κ1) is 28.9. The number of aromatic amines is 2. The van der Waals surface area contributed by atoms with Gasteiger partial charge < -0.3 is 9.97 Å². The Hall–Kier alpha value is -4.81. The van der Waals surface area contributed by atoms with Gasteiger partial charge in [-0.15, -0.1) is 0 Å². The number of rotatable bonds is 3. The van der Waals surface area contributed by atoms with Crippen LogP contribution in [-0.2, 0) is 0 Å². The van der Waals surface area contributed by atoms with Gasteiger partial charge in [-0.2, -0.15) is 0 Å². The van der Waals surface area contributed by atoms with E-state index in [1.165, 1.54) is 33.4 Å². The molecule has 5 heterocycles. The highest BCUT2D eigenvalue weighted by Crippen LogP contribution is 2.39. The van der Waals surface area contributed by atoms with Crippen molar-refractivity contribution in [3.8, 4) is 22.3 Å². The summed E-state index contributed by atoms with van der Waals surface area (Å²) in [5.74, 6) is 0. The summed E-state index contributed by atoms with van der Waals surface area (Å²) in [5.41, 5.74) is 18.4. The van der Waals surface area contributed by atoms with Crippen LogP contribution in [0.5, 0.6) is 0 Å². The number of nitrogens with one attached hydrogen (secondary N) is 2. The second kappa shape index (κ2) is 11.0. The lowest BCUT2D eigenvalue weighted by Gasteiger charge is -2.13. The maximum atomic E-state index is 12.7. The molecular weight excluding hydrogens is 620 g/mol. The summed E-state index contributed by atoms with van der Waals surface area (Å²) in [6, 6.07) is 16.9. The van der Waals surface area contributed by atoms with E-state index < -0.39 is 0 Å². The lowest BCUT2D eigenvalue weighted by atomic mass is 9.92. The van der Waals surface area contributed by atoms with Gasteiger partial charge in [-0.1, -0.05) is 35.4 Å². The Morgan fingerprint density at radius 2 is 0.889 bits per heavy atom. The van der Waals surface area contributed by atoms with E-state index in [2.05, 4.69) is 104 Å². The van der Waals surface area contributed by atoms with Crippen molar-refractivity contribution in [1.29, 1.82) is 0 Å². The number of aryl methyl sites for hydroxylation is 6. The number of aromatic nitrogens is 4. The average molecular weight is 654 g/mol. The van der Waals surface area contributed by atoms with E-state index in [1.54, 1.807) is 0 Å². The molecule has 2 aliphatic heterocycles. The summed E-state index contributed by atoms with van der Waals surface area (Å²) < 4.78 is 0.830. The fraction of sp³-hybridized carbons (Fsp3) is 0.154. The van der Waals surface area contributed by atoms with E-state index in [1.807, 2.05) is 36.4 Å². The molecule has 5 nitrogen and oxygen atoms in total. The number of H-pyrrole nitrogens is 2. The largest absolute Gasteiger partial charge is 0.354 e. The van der Waals surface area contributed by atoms with Crippen LogP contribution in [0, 0.1) is 41.5 Å². The Kier molecular flexibility index (Phi) is 7.05. The molecule has 0 amide bonds. The summed E-state index contributed by atoms with van der Waals surface area (Å²) in [4.78, 5) is 30.2. The van der Waals surface area contributed by atoms with Gasteiger partial charge >= 0.3 is 0 Å². The minimum Gasteiger partial charge on any atom is -0.354 e. The van der Waals surface area contributed by atoms with Gasteiger partial charge in [0.2, 0.25) is 0 Å². The Labute approximate surface area is 271 Å². The molecule has 0 saturated heterocycles. The molecule has 0 radical (unpaired) electrons. The van der Waals surface area contributed by atoms with Crippen molar-refractivity contribution < 1.29 is 4.79 Å². The maximum Gasteiger partial charge on any atom is 0.154 e. The van der Waals surface area contributed by atoms with Gasteiger partial charge in [0, 0.05) is 22.2 Å². The molecule has 2 aromatic carbocycles. The monoisotopic (exact) mass is 652 g/mol. The standard InChI is InChI=1S/C39H33BrN4O/c1-20-15-22(3)35(23(4)16-20)37-29-9-7-27(41-29)26(19-45)28-8-10-30(42-28)38(36-24(5)17-21(2)18-25(36)6)32-12-14-34(44-32)39(40)33-13-11-31(37)43-33/h7-19,41-42H,1-6H3. The minimum atomic E-state index is 0.552. The Bertz CT molecular complexity index is 2110. The Morgan fingerprint density at radius 3 is 1.27 bits per heavy atom. The number of halogens is 1. The topological polar surface area (TPSA) is 74.4 Å². The number of fused-ring (bicyclic) bond motifs is 8. The van der Waals surface area contributed by atoms with Crippen molar-refractivity contribution >= 4 is 68.6 Å². The number of aldehydes is 1. The smallest absolute Gasteiger partial charge is 0.154 e. The van der Waals surface area contributed by atoms with Gasteiger partial charge in [-0.3, -0.25) is 4.79 Å². The normalized spacial score (nSPS) is 12.2. The minimum absolute atomic E-state index is 0.552. The molecule has 0 saturated carbocycles. The third kappa shape index (κ3) is 4.90. The first-order valence-electron chi connectivity index (χ1n) is 15.1. The van der Waals surface area contributed by atoms with Crippen molar-refractivity contribution in [3.05, 3.63) is 115 Å². The molecule has 5 aromatic rings. The fourth-order valence-corrected chi connectivity index (χ4v) is 7.44.